The van der Waals surface area contributed by atoms with E-state index in [1.807, 2.05) is 41.1 Å². The zero-order valence-corrected chi connectivity index (χ0v) is 26.4. The molecule has 2 atom stereocenters. The molecule has 0 amide bonds. The fourth-order valence-corrected chi connectivity index (χ4v) is 6.63. The van der Waals surface area contributed by atoms with Crippen LogP contribution in [-0.4, -0.2) is 21.5 Å². The Kier molecular flexibility index (Phi) is 8.94. The summed E-state index contributed by atoms with van der Waals surface area (Å²) in [5, 5.41) is 0.648. The van der Waals surface area contributed by atoms with Crippen molar-refractivity contribution < 1.29 is 9.53 Å². The molecule has 1 aromatic carbocycles. The lowest BCUT2D eigenvalue weighted by Gasteiger charge is -2.50. The van der Waals surface area contributed by atoms with E-state index in [0.717, 1.165) is 55.2 Å². The Morgan fingerprint density at radius 2 is 1.62 bits per heavy atom. The summed E-state index contributed by atoms with van der Waals surface area (Å²) in [6.45, 7) is 18.1. The van der Waals surface area contributed by atoms with Crippen LogP contribution in [0.1, 0.15) is 103 Å². The summed E-state index contributed by atoms with van der Waals surface area (Å²) in [6.07, 6.45) is 10.1. The second-order valence-corrected chi connectivity index (χ2v) is 14.6. The van der Waals surface area contributed by atoms with Gasteiger partial charge in [0.15, 0.2) is 5.65 Å². The first-order chi connectivity index (χ1) is 18.7. The van der Waals surface area contributed by atoms with E-state index in [9.17, 15) is 4.79 Å². The van der Waals surface area contributed by atoms with Crippen molar-refractivity contribution in [2.75, 3.05) is 5.73 Å². The maximum Gasteiger partial charge on any atom is 0.342 e. The van der Waals surface area contributed by atoms with Crippen LogP contribution in [0.15, 0.2) is 36.7 Å². The molecule has 5 nitrogen and oxygen atoms in total. The van der Waals surface area contributed by atoms with Crippen LogP contribution < -0.4 is 5.73 Å². The Labute approximate surface area is 245 Å². The number of ether oxygens (including phenoxy) is 1. The van der Waals surface area contributed by atoms with Crippen molar-refractivity contribution in [2.45, 2.75) is 100 Å². The number of esters is 1. The number of carbonyl (C=O) groups excluding carboxylic acids is 1. The summed E-state index contributed by atoms with van der Waals surface area (Å²) in [6, 6.07) is 7.58. The molecule has 6 heteroatoms. The topological polar surface area (TPSA) is 69.6 Å². The van der Waals surface area contributed by atoms with Crippen LogP contribution in [0.4, 0.5) is 5.82 Å². The largest absolute Gasteiger partial charge is 0.458 e. The Morgan fingerprint density at radius 1 is 1.02 bits per heavy atom. The maximum atomic E-state index is 14.3. The summed E-state index contributed by atoms with van der Waals surface area (Å²) >= 11 is 6.21. The van der Waals surface area contributed by atoms with Crippen molar-refractivity contribution in [1.29, 1.82) is 0 Å². The molecule has 2 unspecified atom stereocenters. The predicted molar refractivity (Wildman–Crippen MR) is 167 cm³/mol. The van der Waals surface area contributed by atoms with Crippen molar-refractivity contribution in [3.8, 4) is 11.1 Å². The Balaban J connectivity index is 1.82. The lowest BCUT2D eigenvalue weighted by molar-refractivity contribution is -0.0922. The SMILES string of the molecule is CCCCCc1cn2cc(-c3ccc(Cl)cc3)c(C(=O)OC3C(C(C)(C)C)CC(C)CC3C(C)(C)C)c2nc1N. The standard InChI is InChI=1S/C34H48ClN3O2/c1-9-10-11-12-23-19-38-20-25(22-13-15-24(35)16-14-22)28(31(38)37-30(23)36)32(39)40-29-26(33(3,4)5)17-21(2)18-27(29)34(6,7)8/h13-16,19-21,26-27,29H,9-12,17-18H2,1-8H3,(H2,36,37). The number of nitrogens with zero attached hydrogens (tertiary/aromatic N) is 2. The number of hydrogen-bond donors (Lipinski definition) is 1. The summed E-state index contributed by atoms with van der Waals surface area (Å²) in [5.74, 6) is 1.23. The van der Waals surface area contributed by atoms with Crippen molar-refractivity contribution >= 4 is 29.0 Å². The third kappa shape index (κ3) is 6.51. The van der Waals surface area contributed by atoms with Gasteiger partial charge in [0.2, 0.25) is 0 Å². The van der Waals surface area contributed by atoms with E-state index in [2.05, 4.69) is 55.4 Å². The zero-order valence-electron chi connectivity index (χ0n) is 25.7. The second kappa shape index (κ2) is 11.8. The number of unbranched alkanes of at least 4 members (excludes halogenated alkanes) is 2. The van der Waals surface area contributed by atoms with Gasteiger partial charge in [0.05, 0.1) is 0 Å². The van der Waals surface area contributed by atoms with E-state index in [1.54, 1.807) is 0 Å². The number of rotatable bonds is 7. The highest BCUT2D eigenvalue weighted by atomic mass is 35.5. The fourth-order valence-electron chi connectivity index (χ4n) is 6.51. The number of benzene rings is 1. The second-order valence-electron chi connectivity index (χ2n) is 14.2. The average Bonchev–Trinajstić information content (AvgIpc) is 3.22. The van der Waals surface area contributed by atoms with Gasteiger partial charge >= 0.3 is 5.97 Å². The molecule has 1 aliphatic rings. The Bertz CT molecular complexity index is 1310. The molecule has 0 radical (unpaired) electrons. The predicted octanol–water partition coefficient (Wildman–Crippen LogP) is 9.25. The van der Waals surface area contributed by atoms with Gasteiger partial charge in [-0.05, 0) is 60.1 Å². The third-order valence-electron chi connectivity index (χ3n) is 8.84. The van der Waals surface area contributed by atoms with E-state index in [0.29, 0.717) is 28.0 Å². The molecule has 0 spiro atoms. The lowest BCUT2D eigenvalue weighted by Crippen LogP contribution is -2.49. The quantitative estimate of drug-likeness (QED) is 0.229. The summed E-state index contributed by atoms with van der Waals surface area (Å²) in [7, 11) is 0. The van der Waals surface area contributed by atoms with Crippen LogP contribution in [0.2, 0.25) is 5.02 Å². The number of nitrogen functional groups attached to an aromatic ring is 1. The first kappa shape index (κ1) is 30.4. The van der Waals surface area contributed by atoms with E-state index < -0.39 is 0 Å². The summed E-state index contributed by atoms with van der Waals surface area (Å²) in [5.41, 5.74) is 10.1. The Morgan fingerprint density at radius 3 is 2.17 bits per heavy atom. The van der Waals surface area contributed by atoms with Gasteiger partial charge in [-0.15, -0.1) is 0 Å². The van der Waals surface area contributed by atoms with Gasteiger partial charge in [-0.3, -0.25) is 0 Å². The number of fused-ring (bicyclic) bond motifs is 1. The molecule has 4 rings (SSSR count). The Hall–Kier alpha value is -2.53. The molecule has 2 heterocycles. The molecule has 2 N–H and O–H groups in total. The smallest absolute Gasteiger partial charge is 0.342 e. The highest BCUT2D eigenvalue weighted by Crippen LogP contribution is 2.50. The first-order valence-corrected chi connectivity index (χ1v) is 15.4. The van der Waals surface area contributed by atoms with Crippen molar-refractivity contribution in [3.63, 3.8) is 0 Å². The minimum absolute atomic E-state index is 0.00104. The number of carbonyl (C=O) groups is 1. The van der Waals surface area contributed by atoms with Crippen LogP contribution in [0.25, 0.3) is 16.8 Å². The monoisotopic (exact) mass is 565 g/mol. The molecule has 0 aliphatic heterocycles. The van der Waals surface area contributed by atoms with Gasteiger partial charge in [-0.2, -0.15) is 0 Å². The number of hydrogen-bond acceptors (Lipinski definition) is 4. The molecular formula is C34H48ClN3O2. The van der Waals surface area contributed by atoms with Crippen molar-refractivity contribution in [2.24, 2.45) is 28.6 Å². The van der Waals surface area contributed by atoms with E-state index in [4.69, 9.17) is 27.1 Å². The average molecular weight is 566 g/mol. The molecule has 3 aromatic rings. The molecule has 0 bridgehead atoms. The molecule has 40 heavy (non-hydrogen) atoms. The number of anilines is 1. The highest BCUT2D eigenvalue weighted by Gasteiger charge is 2.48. The number of halogens is 1. The van der Waals surface area contributed by atoms with Crippen molar-refractivity contribution in [1.82, 2.24) is 9.38 Å². The third-order valence-corrected chi connectivity index (χ3v) is 9.09. The van der Waals surface area contributed by atoms with Gasteiger partial charge in [-0.25, -0.2) is 9.78 Å². The molecule has 1 aliphatic carbocycles. The van der Waals surface area contributed by atoms with Gasteiger partial charge in [0.25, 0.3) is 0 Å². The first-order valence-electron chi connectivity index (χ1n) is 15.0. The van der Waals surface area contributed by atoms with Crippen LogP contribution >= 0.6 is 11.6 Å². The normalized spacial score (nSPS) is 22.0. The van der Waals surface area contributed by atoms with Crippen molar-refractivity contribution in [3.05, 3.63) is 52.8 Å². The molecule has 1 fully saturated rings. The number of nitrogens with two attached hydrogens (primary N) is 1. The molecule has 2 aromatic heterocycles. The summed E-state index contributed by atoms with van der Waals surface area (Å²) < 4.78 is 8.59. The van der Waals surface area contributed by atoms with Crippen LogP contribution in [0.3, 0.4) is 0 Å². The molecule has 0 saturated heterocycles. The molecular weight excluding hydrogens is 518 g/mol. The van der Waals surface area contributed by atoms with Gasteiger partial charge < -0.3 is 14.9 Å². The van der Waals surface area contributed by atoms with E-state index in [-0.39, 0.29) is 34.7 Å². The molecule has 1 saturated carbocycles. The van der Waals surface area contributed by atoms with Gasteiger partial charge in [0.1, 0.15) is 17.5 Å². The minimum Gasteiger partial charge on any atom is -0.458 e. The maximum absolute atomic E-state index is 14.3. The fraction of sp³-hybridized carbons (Fsp3) is 0.588. The lowest BCUT2D eigenvalue weighted by atomic mass is 9.59. The summed E-state index contributed by atoms with van der Waals surface area (Å²) in [4.78, 5) is 19.1. The zero-order chi connectivity index (χ0) is 29.4. The van der Waals surface area contributed by atoms with Gasteiger partial charge in [0, 0.05) is 40.4 Å². The van der Waals surface area contributed by atoms with Crippen LogP contribution in [0, 0.1) is 28.6 Å². The number of aryl methyl sites for hydroxylation is 1. The minimum atomic E-state index is -0.332. The highest BCUT2D eigenvalue weighted by molar-refractivity contribution is 6.30. The van der Waals surface area contributed by atoms with Crippen LogP contribution in [-0.2, 0) is 11.2 Å². The molecule has 218 valence electrons. The van der Waals surface area contributed by atoms with E-state index in [1.165, 1.54) is 0 Å². The number of aromatic nitrogens is 2. The van der Waals surface area contributed by atoms with E-state index >= 15 is 0 Å². The van der Waals surface area contributed by atoms with Gasteiger partial charge in [-0.1, -0.05) is 92.0 Å². The van der Waals surface area contributed by atoms with Crippen LogP contribution in [0.5, 0.6) is 0 Å².